The maximum Gasteiger partial charge on any atom is 0.133 e. The SMILES string of the molecule is COc1ccsc1C(Br)Cc1cccs1. The van der Waals surface area contributed by atoms with Crippen molar-refractivity contribution in [2.45, 2.75) is 11.2 Å². The van der Waals surface area contributed by atoms with Crippen LogP contribution in [0.1, 0.15) is 14.6 Å². The zero-order valence-electron chi connectivity index (χ0n) is 8.27. The standard InChI is InChI=1S/C11H11BrOS2/c1-13-10-4-6-15-11(10)9(12)7-8-3-2-5-14-8/h2-6,9H,7H2,1H3. The molecule has 1 nitrogen and oxygen atoms in total. The van der Waals surface area contributed by atoms with Crippen molar-refractivity contribution in [1.82, 2.24) is 0 Å². The fourth-order valence-corrected chi connectivity index (χ4v) is 4.11. The summed E-state index contributed by atoms with van der Waals surface area (Å²) in [5.41, 5.74) is 0. The van der Waals surface area contributed by atoms with Gasteiger partial charge in [-0.2, -0.15) is 0 Å². The van der Waals surface area contributed by atoms with Crippen LogP contribution in [0.2, 0.25) is 0 Å². The Morgan fingerprint density at radius 2 is 2.20 bits per heavy atom. The van der Waals surface area contributed by atoms with Crippen LogP contribution in [0.4, 0.5) is 0 Å². The Bertz CT molecular complexity index is 408. The van der Waals surface area contributed by atoms with E-state index in [0.717, 1.165) is 12.2 Å². The third kappa shape index (κ3) is 2.62. The summed E-state index contributed by atoms with van der Waals surface area (Å²) in [6.45, 7) is 0. The van der Waals surface area contributed by atoms with E-state index in [4.69, 9.17) is 4.74 Å². The molecular formula is C11H11BrOS2. The zero-order valence-corrected chi connectivity index (χ0v) is 11.5. The molecule has 0 bridgehead atoms. The van der Waals surface area contributed by atoms with Crippen LogP contribution >= 0.6 is 38.6 Å². The summed E-state index contributed by atoms with van der Waals surface area (Å²) in [5, 5.41) is 4.18. The van der Waals surface area contributed by atoms with Crippen LogP contribution < -0.4 is 4.74 Å². The van der Waals surface area contributed by atoms with Gasteiger partial charge in [-0.1, -0.05) is 22.0 Å². The Labute approximate surface area is 106 Å². The van der Waals surface area contributed by atoms with Gasteiger partial charge in [0.2, 0.25) is 0 Å². The highest BCUT2D eigenvalue weighted by Crippen LogP contribution is 2.38. The van der Waals surface area contributed by atoms with Gasteiger partial charge in [-0.15, -0.1) is 22.7 Å². The number of methoxy groups -OCH3 is 1. The predicted molar refractivity (Wildman–Crippen MR) is 70.6 cm³/mol. The summed E-state index contributed by atoms with van der Waals surface area (Å²) in [4.78, 5) is 3.02. The van der Waals surface area contributed by atoms with Gasteiger partial charge in [0.25, 0.3) is 0 Å². The van der Waals surface area contributed by atoms with Gasteiger partial charge in [0.1, 0.15) is 5.75 Å². The Morgan fingerprint density at radius 1 is 1.33 bits per heavy atom. The van der Waals surface area contributed by atoms with E-state index < -0.39 is 0 Å². The molecule has 2 rings (SSSR count). The first-order valence-corrected chi connectivity index (χ1v) is 7.26. The second kappa shape index (κ2) is 5.14. The van der Waals surface area contributed by atoms with Crippen molar-refractivity contribution >= 4 is 38.6 Å². The summed E-state index contributed by atoms with van der Waals surface area (Å²) < 4.78 is 5.31. The first-order valence-electron chi connectivity index (χ1n) is 4.59. The number of thiophene rings is 2. The number of alkyl halides is 1. The number of hydrogen-bond donors (Lipinski definition) is 0. The molecule has 0 aliphatic rings. The Kier molecular flexibility index (Phi) is 3.83. The quantitative estimate of drug-likeness (QED) is 0.756. The van der Waals surface area contributed by atoms with Crippen LogP contribution in [0.5, 0.6) is 5.75 Å². The summed E-state index contributed by atoms with van der Waals surface area (Å²) in [6.07, 6.45) is 1.02. The minimum absolute atomic E-state index is 0.353. The van der Waals surface area contributed by atoms with Crippen molar-refractivity contribution in [1.29, 1.82) is 0 Å². The number of rotatable bonds is 4. The first-order chi connectivity index (χ1) is 7.31. The Morgan fingerprint density at radius 3 is 2.87 bits per heavy atom. The molecule has 0 amide bonds. The summed E-state index contributed by atoms with van der Waals surface area (Å²) in [5.74, 6) is 0.985. The van der Waals surface area contributed by atoms with Crippen molar-refractivity contribution in [3.05, 3.63) is 38.7 Å². The molecule has 80 valence electrons. The van der Waals surface area contributed by atoms with E-state index in [0.29, 0.717) is 4.83 Å². The molecule has 0 spiro atoms. The lowest BCUT2D eigenvalue weighted by atomic mass is 10.2. The number of halogens is 1. The van der Waals surface area contributed by atoms with Crippen LogP contribution in [-0.4, -0.2) is 7.11 Å². The lowest BCUT2D eigenvalue weighted by molar-refractivity contribution is 0.412. The molecule has 1 unspecified atom stereocenters. The van der Waals surface area contributed by atoms with E-state index in [2.05, 4.69) is 38.8 Å². The molecule has 0 aliphatic carbocycles. The maximum atomic E-state index is 5.31. The van der Waals surface area contributed by atoms with Gasteiger partial charge in [-0.3, -0.25) is 0 Å². The fourth-order valence-electron chi connectivity index (χ4n) is 1.40. The highest BCUT2D eigenvalue weighted by Gasteiger charge is 2.15. The third-order valence-corrected chi connectivity index (χ3v) is 5.12. The van der Waals surface area contributed by atoms with Crippen molar-refractivity contribution in [2.24, 2.45) is 0 Å². The molecule has 2 heterocycles. The van der Waals surface area contributed by atoms with Crippen molar-refractivity contribution in [3.63, 3.8) is 0 Å². The van der Waals surface area contributed by atoms with E-state index in [1.807, 2.05) is 6.07 Å². The molecular weight excluding hydrogens is 292 g/mol. The fraction of sp³-hybridized carbons (Fsp3) is 0.273. The van der Waals surface area contributed by atoms with Crippen molar-refractivity contribution in [2.75, 3.05) is 7.11 Å². The van der Waals surface area contributed by atoms with E-state index in [1.54, 1.807) is 29.8 Å². The van der Waals surface area contributed by atoms with E-state index in [-0.39, 0.29) is 0 Å². The topological polar surface area (TPSA) is 9.23 Å². The van der Waals surface area contributed by atoms with Gasteiger partial charge in [-0.05, 0) is 29.3 Å². The Balaban J connectivity index is 2.11. The van der Waals surface area contributed by atoms with Gasteiger partial charge in [-0.25, -0.2) is 0 Å². The van der Waals surface area contributed by atoms with Gasteiger partial charge >= 0.3 is 0 Å². The third-order valence-electron chi connectivity index (χ3n) is 2.12. The lowest BCUT2D eigenvalue weighted by Crippen LogP contribution is -1.93. The minimum Gasteiger partial charge on any atom is -0.496 e. The van der Waals surface area contributed by atoms with Crippen LogP contribution in [0.15, 0.2) is 29.0 Å². The average Bonchev–Trinajstić information content (AvgIpc) is 2.86. The van der Waals surface area contributed by atoms with Gasteiger partial charge in [0.05, 0.1) is 16.8 Å². The highest BCUT2D eigenvalue weighted by molar-refractivity contribution is 9.09. The molecule has 0 radical (unpaired) electrons. The summed E-state index contributed by atoms with van der Waals surface area (Å²) >= 11 is 7.25. The molecule has 1 atom stereocenters. The van der Waals surface area contributed by atoms with E-state index in [9.17, 15) is 0 Å². The monoisotopic (exact) mass is 302 g/mol. The second-order valence-corrected chi connectivity index (χ2v) is 6.19. The van der Waals surface area contributed by atoms with Crippen molar-refractivity contribution < 1.29 is 4.74 Å². The van der Waals surface area contributed by atoms with Crippen LogP contribution in [0, 0.1) is 0 Å². The van der Waals surface area contributed by atoms with Crippen molar-refractivity contribution in [3.8, 4) is 5.75 Å². The van der Waals surface area contributed by atoms with E-state index in [1.165, 1.54) is 9.75 Å². The van der Waals surface area contributed by atoms with Gasteiger partial charge in [0.15, 0.2) is 0 Å². The normalized spacial score (nSPS) is 12.7. The summed E-state index contributed by atoms with van der Waals surface area (Å²) in [7, 11) is 1.72. The molecule has 2 aromatic heterocycles. The van der Waals surface area contributed by atoms with E-state index >= 15 is 0 Å². The molecule has 0 aromatic carbocycles. The predicted octanol–water partition coefficient (Wildman–Crippen LogP) is 4.50. The molecule has 0 saturated carbocycles. The van der Waals surface area contributed by atoms with Crippen LogP contribution in [0.25, 0.3) is 0 Å². The lowest BCUT2D eigenvalue weighted by Gasteiger charge is -2.08. The van der Waals surface area contributed by atoms with Gasteiger partial charge in [0, 0.05) is 4.88 Å². The number of ether oxygens (including phenoxy) is 1. The Hall–Kier alpha value is -0.320. The van der Waals surface area contributed by atoms with Gasteiger partial charge < -0.3 is 4.74 Å². The molecule has 0 saturated heterocycles. The number of hydrogen-bond acceptors (Lipinski definition) is 3. The molecule has 2 aromatic rings. The van der Waals surface area contributed by atoms with Crippen LogP contribution in [0.3, 0.4) is 0 Å². The largest absolute Gasteiger partial charge is 0.496 e. The average molecular weight is 303 g/mol. The molecule has 0 N–H and O–H groups in total. The second-order valence-electron chi connectivity index (χ2n) is 3.10. The smallest absolute Gasteiger partial charge is 0.133 e. The molecule has 15 heavy (non-hydrogen) atoms. The van der Waals surface area contributed by atoms with Crippen LogP contribution in [-0.2, 0) is 6.42 Å². The molecule has 0 aliphatic heterocycles. The minimum atomic E-state index is 0.353. The molecule has 4 heteroatoms. The maximum absolute atomic E-state index is 5.31. The summed E-state index contributed by atoms with van der Waals surface area (Å²) in [6, 6.07) is 6.27. The zero-order chi connectivity index (χ0) is 10.7. The first kappa shape index (κ1) is 11.2. The molecule has 0 fully saturated rings. The highest BCUT2D eigenvalue weighted by atomic mass is 79.9.